The molecule has 1 atom stereocenters. The van der Waals surface area contributed by atoms with Crippen molar-refractivity contribution in [1.82, 2.24) is 10.6 Å². The van der Waals surface area contributed by atoms with E-state index in [4.69, 9.17) is 4.74 Å². The van der Waals surface area contributed by atoms with Gasteiger partial charge in [0.25, 0.3) is 5.91 Å². The summed E-state index contributed by atoms with van der Waals surface area (Å²) in [6.45, 7) is 5.54. The third-order valence-corrected chi connectivity index (χ3v) is 6.08. The highest BCUT2D eigenvalue weighted by Crippen LogP contribution is 2.38. The monoisotopic (exact) mass is 499 g/mol. The predicted molar refractivity (Wildman–Crippen MR) is 130 cm³/mol. The topological polar surface area (TPSA) is 62.4 Å². The van der Waals surface area contributed by atoms with Crippen LogP contribution in [0.25, 0.3) is 11.1 Å². The van der Waals surface area contributed by atoms with Crippen molar-refractivity contribution in [3.63, 3.8) is 0 Å². The molecule has 5 nitrogen and oxygen atoms in total. The summed E-state index contributed by atoms with van der Waals surface area (Å²) in [4.78, 5) is 12.9. The van der Waals surface area contributed by atoms with Gasteiger partial charge < -0.3 is 20.7 Å². The van der Waals surface area contributed by atoms with Crippen molar-refractivity contribution in [2.75, 3.05) is 12.4 Å². The number of benzene rings is 3. The summed E-state index contributed by atoms with van der Waals surface area (Å²) in [5.41, 5.74) is 3.51. The largest absolute Gasteiger partial charge is 0.496 e. The van der Waals surface area contributed by atoms with Gasteiger partial charge in [-0.1, -0.05) is 24.3 Å². The van der Waals surface area contributed by atoms with Crippen LogP contribution in [-0.4, -0.2) is 13.0 Å². The van der Waals surface area contributed by atoms with Crippen molar-refractivity contribution in [3.8, 4) is 16.9 Å². The average Bonchev–Trinajstić information content (AvgIpc) is 3.20. The summed E-state index contributed by atoms with van der Waals surface area (Å²) >= 11 is 0. The summed E-state index contributed by atoms with van der Waals surface area (Å²) in [5, 5.41) is 8.49. The van der Waals surface area contributed by atoms with Gasteiger partial charge >= 0.3 is 6.18 Å². The number of halogens is 4. The van der Waals surface area contributed by atoms with E-state index in [-0.39, 0.29) is 16.9 Å². The summed E-state index contributed by atoms with van der Waals surface area (Å²) in [5.74, 6) is -0.816. The Balaban J connectivity index is 1.61. The summed E-state index contributed by atoms with van der Waals surface area (Å²) in [6.07, 6.45) is -5.31. The molecule has 3 N–H and O–H groups in total. The molecule has 36 heavy (non-hydrogen) atoms. The lowest BCUT2D eigenvalue weighted by Gasteiger charge is -2.20. The average molecular weight is 500 g/mol. The number of hydrogen-bond acceptors (Lipinski definition) is 4. The number of ether oxygens (including phenoxy) is 1. The highest BCUT2D eigenvalue weighted by molar-refractivity contribution is 6.04. The normalized spacial score (nSPS) is 15.4. The first-order valence-corrected chi connectivity index (χ1v) is 11.2. The fourth-order valence-electron chi connectivity index (χ4n) is 4.33. The number of amides is 1. The van der Waals surface area contributed by atoms with E-state index in [2.05, 4.69) is 16.0 Å². The van der Waals surface area contributed by atoms with Crippen molar-refractivity contribution in [3.05, 3.63) is 94.1 Å². The minimum atomic E-state index is -4.53. The van der Waals surface area contributed by atoms with Gasteiger partial charge in [0.15, 0.2) is 0 Å². The van der Waals surface area contributed by atoms with Gasteiger partial charge in [-0.2, -0.15) is 13.2 Å². The van der Waals surface area contributed by atoms with Gasteiger partial charge in [-0.15, -0.1) is 0 Å². The van der Waals surface area contributed by atoms with Gasteiger partial charge in [-0.25, -0.2) is 4.39 Å². The molecule has 4 rings (SSSR count). The van der Waals surface area contributed by atoms with Crippen LogP contribution in [0.1, 0.15) is 35.3 Å². The fourth-order valence-corrected chi connectivity index (χ4v) is 4.33. The highest BCUT2D eigenvalue weighted by Gasteiger charge is 2.32. The van der Waals surface area contributed by atoms with E-state index in [0.717, 1.165) is 28.8 Å². The number of carbonyl (C=O) groups excluding carboxylic acids is 1. The molecule has 1 aliphatic heterocycles. The van der Waals surface area contributed by atoms with Crippen molar-refractivity contribution in [2.24, 2.45) is 0 Å². The zero-order chi connectivity index (χ0) is 26.2. The van der Waals surface area contributed by atoms with E-state index in [0.29, 0.717) is 17.0 Å². The Labute approximate surface area is 206 Å². The summed E-state index contributed by atoms with van der Waals surface area (Å²) in [7, 11) is 1.47. The molecule has 0 aromatic heterocycles. The molecule has 3 aromatic carbocycles. The summed E-state index contributed by atoms with van der Waals surface area (Å²) < 4.78 is 59.7. The van der Waals surface area contributed by atoms with Crippen molar-refractivity contribution < 1.29 is 27.1 Å². The Kier molecular flexibility index (Phi) is 6.67. The first-order valence-electron chi connectivity index (χ1n) is 11.2. The van der Waals surface area contributed by atoms with Gasteiger partial charge in [0.05, 0.1) is 12.7 Å². The lowest BCUT2D eigenvalue weighted by molar-refractivity contribution is -0.137. The molecule has 0 bridgehead atoms. The van der Waals surface area contributed by atoms with Crippen LogP contribution in [0.4, 0.5) is 23.2 Å². The van der Waals surface area contributed by atoms with E-state index in [1.54, 1.807) is 13.0 Å². The van der Waals surface area contributed by atoms with E-state index >= 15 is 4.39 Å². The third-order valence-electron chi connectivity index (χ3n) is 6.08. The maximum absolute atomic E-state index is 15.2. The quantitative estimate of drug-likeness (QED) is 0.366. The number of alkyl halides is 3. The maximum Gasteiger partial charge on any atom is 0.416 e. The molecule has 0 saturated heterocycles. The second-order valence-corrected chi connectivity index (χ2v) is 8.60. The molecule has 0 saturated carbocycles. The molecule has 188 valence electrons. The Morgan fingerprint density at radius 1 is 0.972 bits per heavy atom. The molecule has 0 fully saturated rings. The van der Waals surface area contributed by atoms with Gasteiger partial charge in [-0.3, -0.25) is 4.79 Å². The molecule has 1 unspecified atom stereocenters. The van der Waals surface area contributed by atoms with Crippen molar-refractivity contribution >= 4 is 11.6 Å². The van der Waals surface area contributed by atoms with E-state index in [1.807, 2.05) is 32.0 Å². The van der Waals surface area contributed by atoms with Crippen LogP contribution < -0.4 is 20.7 Å². The first-order chi connectivity index (χ1) is 17.0. The number of anilines is 1. The van der Waals surface area contributed by atoms with E-state index in [1.165, 1.54) is 25.3 Å². The van der Waals surface area contributed by atoms with Crippen LogP contribution in [-0.2, 0) is 11.0 Å². The van der Waals surface area contributed by atoms with Gasteiger partial charge in [-0.05, 0) is 61.7 Å². The number of methoxy groups -OCH3 is 1. The third kappa shape index (κ3) is 4.86. The molecule has 9 heteroatoms. The van der Waals surface area contributed by atoms with Crippen molar-refractivity contribution in [1.29, 1.82) is 0 Å². The predicted octanol–water partition coefficient (Wildman–Crippen LogP) is 6.20. The number of hydrogen-bond donors (Lipinski definition) is 3. The molecule has 0 aliphatic carbocycles. The molecule has 1 amide bonds. The second kappa shape index (κ2) is 9.56. The van der Waals surface area contributed by atoms with Gasteiger partial charge in [0.1, 0.15) is 23.4 Å². The SMILES string of the molecule is COc1cc(F)c(C2NC(C)=C(C(=O)Nc3cccc(C(F)(F)F)c3)N2)cc1-c1c(C)cccc1C. The number of aryl methyl sites for hydroxylation is 2. The Bertz CT molecular complexity index is 1350. The van der Waals surface area contributed by atoms with E-state index < -0.39 is 29.6 Å². The molecular weight excluding hydrogens is 474 g/mol. The number of carbonyl (C=O) groups is 1. The van der Waals surface area contributed by atoms with Crippen LogP contribution in [0.2, 0.25) is 0 Å². The molecule has 1 aliphatic rings. The lowest BCUT2D eigenvalue weighted by Crippen LogP contribution is -2.28. The van der Waals surface area contributed by atoms with Crippen molar-refractivity contribution in [2.45, 2.75) is 33.1 Å². The van der Waals surface area contributed by atoms with Crippen LogP contribution in [0.3, 0.4) is 0 Å². The number of allylic oxidation sites excluding steroid dienone is 1. The van der Waals surface area contributed by atoms with Crippen LogP contribution in [0, 0.1) is 19.7 Å². The Morgan fingerprint density at radius 2 is 1.64 bits per heavy atom. The van der Waals surface area contributed by atoms with Crippen LogP contribution in [0.5, 0.6) is 5.75 Å². The van der Waals surface area contributed by atoms with Gasteiger partial charge in [0, 0.05) is 28.6 Å². The molecule has 0 radical (unpaired) electrons. The molecule has 1 heterocycles. The molecule has 3 aromatic rings. The molecule has 0 spiro atoms. The number of rotatable bonds is 5. The first kappa shape index (κ1) is 25.1. The summed E-state index contributed by atoms with van der Waals surface area (Å²) in [6, 6.07) is 13.2. The zero-order valence-corrected chi connectivity index (χ0v) is 20.1. The minimum Gasteiger partial charge on any atom is -0.496 e. The number of nitrogens with one attached hydrogen (secondary N) is 3. The standard InChI is InChI=1S/C27H25F4N3O2/c1-14-7-5-8-15(2)23(14)20-12-19(21(28)13-22(20)36-4)25-32-16(3)24(34-25)26(35)33-18-10-6-9-17(11-18)27(29,30)31/h5-13,25,32,34H,1-4H3,(H,33,35). The second-order valence-electron chi connectivity index (χ2n) is 8.60. The van der Waals surface area contributed by atoms with Crippen LogP contribution in [0.15, 0.2) is 66.0 Å². The minimum absolute atomic E-state index is 0.00619. The molecular formula is C27H25F4N3O2. The van der Waals surface area contributed by atoms with Gasteiger partial charge in [0.2, 0.25) is 0 Å². The lowest BCUT2D eigenvalue weighted by atomic mass is 9.93. The maximum atomic E-state index is 15.2. The Hall–Kier alpha value is -4.01. The van der Waals surface area contributed by atoms with E-state index in [9.17, 15) is 18.0 Å². The Morgan fingerprint density at radius 3 is 2.28 bits per heavy atom. The zero-order valence-electron chi connectivity index (χ0n) is 20.1. The smallest absolute Gasteiger partial charge is 0.416 e. The van der Waals surface area contributed by atoms with Crippen LogP contribution >= 0.6 is 0 Å². The fraction of sp³-hybridized carbons (Fsp3) is 0.222. The highest BCUT2D eigenvalue weighted by atomic mass is 19.4.